The van der Waals surface area contributed by atoms with Crippen LogP contribution in [0.25, 0.3) is 11.3 Å². The van der Waals surface area contributed by atoms with Gasteiger partial charge in [-0.25, -0.2) is 9.18 Å². The van der Waals surface area contributed by atoms with Gasteiger partial charge in [0.1, 0.15) is 5.82 Å². The zero-order valence-corrected chi connectivity index (χ0v) is 17.2. The molecule has 0 fully saturated rings. The van der Waals surface area contributed by atoms with Crippen molar-refractivity contribution >= 4 is 17.6 Å². The molecule has 1 amide bonds. The Balaban J connectivity index is 1.68. The van der Waals surface area contributed by atoms with E-state index in [0.717, 1.165) is 16.8 Å². The molecule has 5 nitrogen and oxygen atoms in total. The first-order valence-corrected chi connectivity index (χ1v) is 9.96. The Labute approximate surface area is 175 Å². The molecule has 1 heterocycles. The molecule has 0 aliphatic heterocycles. The molecule has 3 aromatic rings. The first kappa shape index (κ1) is 21.3. The van der Waals surface area contributed by atoms with E-state index in [-0.39, 0.29) is 17.7 Å². The summed E-state index contributed by atoms with van der Waals surface area (Å²) in [6, 6.07) is 15.6. The summed E-state index contributed by atoms with van der Waals surface area (Å²) in [6.45, 7) is 4.68. The lowest BCUT2D eigenvalue weighted by atomic mass is 10.1. The van der Waals surface area contributed by atoms with Crippen molar-refractivity contribution in [1.29, 1.82) is 0 Å². The fraction of sp³-hybridized carbons (Fsp3) is 0.250. The first-order valence-electron chi connectivity index (χ1n) is 9.96. The molecule has 0 aliphatic carbocycles. The number of hydrogen-bond donors (Lipinski definition) is 1. The quantitative estimate of drug-likeness (QED) is 0.521. The Bertz CT molecular complexity index is 1010. The normalized spacial score (nSPS) is 10.6. The standard InChI is InChI=1S/C24H25FN2O3/c1-3-30-24(29)19-15-22(18-8-6-17(2)7-9-18)27(16-19)14-4-5-23(28)26-21-12-10-20(25)11-13-21/h6-13,15-16H,3-5,14H2,1-2H3,(H,26,28). The van der Waals surface area contributed by atoms with Crippen LogP contribution in [-0.2, 0) is 16.1 Å². The monoisotopic (exact) mass is 408 g/mol. The van der Waals surface area contributed by atoms with Gasteiger partial charge < -0.3 is 14.6 Å². The number of hydrogen-bond acceptors (Lipinski definition) is 3. The minimum atomic E-state index is -0.362. The number of carbonyl (C=O) groups is 2. The number of carbonyl (C=O) groups excluding carboxylic acids is 2. The van der Waals surface area contributed by atoms with E-state index < -0.39 is 0 Å². The van der Waals surface area contributed by atoms with Crippen molar-refractivity contribution in [3.63, 3.8) is 0 Å². The van der Waals surface area contributed by atoms with Gasteiger partial charge in [-0.3, -0.25) is 4.79 Å². The third-order valence-electron chi connectivity index (χ3n) is 4.69. The molecular weight excluding hydrogens is 383 g/mol. The van der Waals surface area contributed by atoms with Gasteiger partial charge >= 0.3 is 5.97 Å². The highest BCUT2D eigenvalue weighted by atomic mass is 19.1. The zero-order chi connectivity index (χ0) is 21.5. The number of aryl methyl sites for hydroxylation is 2. The lowest BCUT2D eigenvalue weighted by Gasteiger charge is -2.10. The summed E-state index contributed by atoms with van der Waals surface area (Å²) in [6.07, 6.45) is 2.66. The summed E-state index contributed by atoms with van der Waals surface area (Å²) in [5, 5.41) is 2.76. The Kier molecular flexibility index (Phi) is 7.01. The molecule has 1 aromatic heterocycles. The van der Waals surface area contributed by atoms with E-state index in [2.05, 4.69) is 5.32 Å². The fourth-order valence-corrected chi connectivity index (χ4v) is 3.16. The van der Waals surface area contributed by atoms with Gasteiger partial charge in [-0.2, -0.15) is 0 Å². The molecule has 0 atom stereocenters. The Morgan fingerprint density at radius 1 is 1.07 bits per heavy atom. The van der Waals surface area contributed by atoms with Crippen molar-refractivity contribution in [3.05, 3.63) is 77.7 Å². The van der Waals surface area contributed by atoms with Crippen LogP contribution >= 0.6 is 0 Å². The van der Waals surface area contributed by atoms with E-state index in [4.69, 9.17) is 4.74 Å². The molecule has 2 aromatic carbocycles. The van der Waals surface area contributed by atoms with Crippen LogP contribution < -0.4 is 5.32 Å². The van der Waals surface area contributed by atoms with E-state index in [9.17, 15) is 14.0 Å². The Morgan fingerprint density at radius 3 is 2.43 bits per heavy atom. The topological polar surface area (TPSA) is 60.3 Å². The second kappa shape index (κ2) is 9.87. The highest BCUT2D eigenvalue weighted by molar-refractivity contribution is 5.91. The summed E-state index contributed by atoms with van der Waals surface area (Å²) in [5.41, 5.74) is 4.10. The van der Waals surface area contributed by atoms with Crippen molar-refractivity contribution in [2.75, 3.05) is 11.9 Å². The Morgan fingerprint density at radius 2 is 1.77 bits per heavy atom. The molecule has 0 saturated carbocycles. The summed E-state index contributed by atoms with van der Waals surface area (Å²) < 4.78 is 20.1. The number of nitrogens with one attached hydrogen (secondary N) is 1. The van der Waals surface area contributed by atoms with Crippen molar-refractivity contribution in [1.82, 2.24) is 4.57 Å². The second-order valence-corrected chi connectivity index (χ2v) is 7.05. The summed E-state index contributed by atoms with van der Waals surface area (Å²) in [7, 11) is 0. The number of halogens is 1. The molecule has 0 unspecified atom stereocenters. The number of anilines is 1. The predicted molar refractivity (Wildman–Crippen MR) is 115 cm³/mol. The first-order chi connectivity index (χ1) is 14.5. The highest BCUT2D eigenvalue weighted by Gasteiger charge is 2.15. The van der Waals surface area contributed by atoms with Gasteiger partial charge in [-0.1, -0.05) is 29.8 Å². The maximum absolute atomic E-state index is 13.0. The van der Waals surface area contributed by atoms with Gasteiger partial charge in [0, 0.05) is 30.5 Å². The fourth-order valence-electron chi connectivity index (χ4n) is 3.16. The maximum Gasteiger partial charge on any atom is 0.339 e. The van der Waals surface area contributed by atoms with Crippen LogP contribution in [0.15, 0.2) is 60.8 Å². The number of rotatable bonds is 8. The summed E-state index contributed by atoms with van der Waals surface area (Å²) in [5.74, 6) is -0.850. The van der Waals surface area contributed by atoms with Gasteiger partial charge in [0.15, 0.2) is 0 Å². The maximum atomic E-state index is 13.0. The lowest BCUT2D eigenvalue weighted by Crippen LogP contribution is -2.12. The average Bonchev–Trinajstić information content (AvgIpc) is 3.15. The van der Waals surface area contributed by atoms with Gasteiger partial charge in [0.2, 0.25) is 5.91 Å². The number of amides is 1. The number of benzene rings is 2. The van der Waals surface area contributed by atoms with Crippen LogP contribution in [0, 0.1) is 12.7 Å². The van der Waals surface area contributed by atoms with Crippen molar-refractivity contribution in [2.45, 2.75) is 33.2 Å². The summed E-state index contributed by atoms with van der Waals surface area (Å²) in [4.78, 5) is 24.4. The molecule has 0 spiro atoms. The van der Waals surface area contributed by atoms with Crippen molar-refractivity contribution in [2.24, 2.45) is 0 Å². The van der Waals surface area contributed by atoms with Crippen LogP contribution in [0.2, 0.25) is 0 Å². The number of aromatic nitrogens is 1. The second-order valence-electron chi connectivity index (χ2n) is 7.05. The third kappa shape index (κ3) is 5.56. The smallest absolute Gasteiger partial charge is 0.339 e. The molecule has 0 saturated heterocycles. The van der Waals surface area contributed by atoms with Gasteiger partial charge in [-0.05, 0) is 56.2 Å². The van der Waals surface area contributed by atoms with Gasteiger partial charge in [-0.15, -0.1) is 0 Å². The molecule has 156 valence electrons. The minimum Gasteiger partial charge on any atom is -0.462 e. The minimum absolute atomic E-state index is 0.142. The number of esters is 1. The summed E-state index contributed by atoms with van der Waals surface area (Å²) >= 11 is 0. The lowest BCUT2D eigenvalue weighted by molar-refractivity contribution is -0.116. The van der Waals surface area contributed by atoms with E-state index in [1.807, 2.05) is 41.8 Å². The molecule has 0 bridgehead atoms. The number of nitrogens with zero attached hydrogens (tertiary/aromatic N) is 1. The molecular formula is C24H25FN2O3. The van der Waals surface area contributed by atoms with Gasteiger partial charge in [0.25, 0.3) is 0 Å². The SMILES string of the molecule is CCOC(=O)c1cc(-c2ccc(C)cc2)n(CCCC(=O)Nc2ccc(F)cc2)c1. The van der Waals surface area contributed by atoms with Crippen molar-refractivity contribution in [3.8, 4) is 11.3 Å². The molecule has 30 heavy (non-hydrogen) atoms. The van der Waals surface area contributed by atoms with Crippen LogP contribution in [0.4, 0.5) is 10.1 Å². The highest BCUT2D eigenvalue weighted by Crippen LogP contribution is 2.24. The zero-order valence-electron chi connectivity index (χ0n) is 17.2. The van der Waals surface area contributed by atoms with E-state index >= 15 is 0 Å². The third-order valence-corrected chi connectivity index (χ3v) is 4.69. The van der Waals surface area contributed by atoms with Crippen LogP contribution in [-0.4, -0.2) is 23.1 Å². The van der Waals surface area contributed by atoms with Gasteiger partial charge in [0.05, 0.1) is 12.2 Å². The average molecular weight is 408 g/mol. The molecule has 0 aliphatic rings. The van der Waals surface area contributed by atoms with Crippen molar-refractivity contribution < 1.29 is 18.7 Å². The molecule has 0 radical (unpaired) electrons. The molecule has 3 rings (SSSR count). The van der Waals surface area contributed by atoms with Crippen LogP contribution in [0.1, 0.15) is 35.7 Å². The van der Waals surface area contributed by atoms with Crippen LogP contribution in [0.3, 0.4) is 0 Å². The van der Waals surface area contributed by atoms with E-state index in [0.29, 0.717) is 37.2 Å². The van der Waals surface area contributed by atoms with Crippen LogP contribution in [0.5, 0.6) is 0 Å². The molecule has 6 heteroatoms. The van der Waals surface area contributed by atoms with E-state index in [1.54, 1.807) is 13.1 Å². The predicted octanol–water partition coefficient (Wildman–Crippen LogP) is 5.20. The number of ether oxygens (including phenoxy) is 1. The van der Waals surface area contributed by atoms with E-state index in [1.165, 1.54) is 24.3 Å². The Hall–Kier alpha value is -3.41. The molecule has 1 N–H and O–H groups in total. The largest absolute Gasteiger partial charge is 0.462 e.